The van der Waals surface area contributed by atoms with E-state index in [1.807, 2.05) is 31.2 Å². The highest BCUT2D eigenvalue weighted by molar-refractivity contribution is 6.34. The fraction of sp³-hybridized carbons (Fsp3) is 0.167. The minimum Gasteiger partial charge on any atom is -0.494 e. The average Bonchev–Trinajstić information content (AvgIpc) is 2.60. The highest BCUT2D eigenvalue weighted by atomic mass is 35.5. The zero-order valence-electron chi connectivity index (χ0n) is 13.6. The first kappa shape index (κ1) is 18.5. The van der Waals surface area contributed by atoms with Crippen LogP contribution in [-0.4, -0.2) is 17.4 Å². The lowest BCUT2D eigenvalue weighted by molar-refractivity contribution is -0.384. The summed E-state index contributed by atoms with van der Waals surface area (Å²) in [6, 6.07) is 11.2. The lowest BCUT2D eigenvalue weighted by atomic mass is 10.2. The molecule has 0 unspecified atom stereocenters. The molecule has 130 valence electrons. The quantitative estimate of drug-likeness (QED) is 0.441. The molecular weight excluding hydrogens is 344 g/mol. The van der Waals surface area contributed by atoms with Crippen molar-refractivity contribution in [3.8, 4) is 5.75 Å². The molecule has 0 aliphatic rings. The van der Waals surface area contributed by atoms with Crippen molar-refractivity contribution in [1.29, 1.82) is 0 Å². The molecule has 0 aliphatic heterocycles. The average molecular weight is 361 g/mol. The summed E-state index contributed by atoms with van der Waals surface area (Å²) < 4.78 is 5.49. The Balaban J connectivity index is 1.97. The molecule has 0 aliphatic carbocycles. The van der Waals surface area contributed by atoms with Crippen molar-refractivity contribution >= 4 is 35.0 Å². The number of ether oxygens (including phenoxy) is 1. The molecule has 0 bridgehead atoms. The number of nitrogens with one attached hydrogen (secondary N) is 1. The molecule has 2 aromatic carbocycles. The molecule has 0 heterocycles. The molecule has 2 aromatic rings. The zero-order chi connectivity index (χ0) is 18.2. The maximum absolute atomic E-state index is 11.9. The van der Waals surface area contributed by atoms with Crippen molar-refractivity contribution in [3.05, 3.63) is 69.2 Å². The van der Waals surface area contributed by atoms with E-state index < -0.39 is 4.92 Å². The molecule has 7 heteroatoms. The van der Waals surface area contributed by atoms with E-state index in [1.54, 1.807) is 6.08 Å². The van der Waals surface area contributed by atoms with E-state index in [2.05, 4.69) is 5.32 Å². The number of non-ortho nitro benzene ring substituents is 1. The highest BCUT2D eigenvalue weighted by Gasteiger charge is 2.10. The van der Waals surface area contributed by atoms with Gasteiger partial charge in [-0.05, 0) is 36.3 Å². The van der Waals surface area contributed by atoms with Crippen LogP contribution >= 0.6 is 11.6 Å². The smallest absolute Gasteiger partial charge is 0.271 e. The number of rotatable bonds is 7. The van der Waals surface area contributed by atoms with Crippen molar-refractivity contribution in [2.45, 2.75) is 13.3 Å². The molecular formula is C18H17ClN2O4. The third-order valence-corrected chi connectivity index (χ3v) is 3.51. The van der Waals surface area contributed by atoms with E-state index in [1.165, 1.54) is 24.3 Å². The number of hydrogen-bond acceptors (Lipinski definition) is 4. The monoisotopic (exact) mass is 360 g/mol. The molecule has 25 heavy (non-hydrogen) atoms. The Morgan fingerprint density at radius 1 is 1.28 bits per heavy atom. The molecule has 0 radical (unpaired) electrons. The number of anilines is 1. The minimum absolute atomic E-state index is 0.105. The Kier molecular flexibility index (Phi) is 6.54. The first-order valence-electron chi connectivity index (χ1n) is 7.65. The number of hydrogen-bond donors (Lipinski definition) is 1. The molecule has 0 atom stereocenters. The van der Waals surface area contributed by atoms with Crippen LogP contribution in [0.3, 0.4) is 0 Å². The summed E-state index contributed by atoms with van der Waals surface area (Å²) in [4.78, 5) is 22.1. The van der Waals surface area contributed by atoms with E-state index in [0.717, 1.165) is 17.7 Å². The van der Waals surface area contributed by atoms with Crippen LogP contribution < -0.4 is 10.1 Å². The highest BCUT2D eigenvalue weighted by Crippen LogP contribution is 2.26. The second-order valence-electron chi connectivity index (χ2n) is 5.16. The summed E-state index contributed by atoms with van der Waals surface area (Å²) in [5, 5.41) is 13.4. The molecule has 0 spiro atoms. The first-order chi connectivity index (χ1) is 12.0. The Hall–Kier alpha value is -2.86. The zero-order valence-corrected chi connectivity index (χ0v) is 14.3. The normalized spacial score (nSPS) is 10.6. The number of halogens is 1. The lowest BCUT2D eigenvalue weighted by Gasteiger charge is -2.05. The van der Waals surface area contributed by atoms with Gasteiger partial charge < -0.3 is 10.1 Å². The minimum atomic E-state index is -0.550. The summed E-state index contributed by atoms with van der Waals surface area (Å²) in [5.41, 5.74) is 1.02. The molecule has 1 N–H and O–H groups in total. The van der Waals surface area contributed by atoms with Crippen LogP contribution in [0.15, 0.2) is 48.5 Å². The van der Waals surface area contributed by atoms with E-state index in [-0.39, 0.29) is 16.6 Å². The number of benzene rings is 2. The number of nitro benzene ring substituents is 1. The van der Waals surface area contributed by atoms with Crippen LogP contribution in [0.2, 0.25) is 5.02 Å². The van der Waals surface area contributed by atoms with E-state index >= 15 is 0 Å². The van der Waals surface area contributed by atoms with Gasteiger partial charge in [0.15, 0.2) is 0 Å². The van der Waals surface area contributed by atoms with Gasteiger partial charge in [-0.1, -0.05) is 30.7 Å². The molecule has 6 nitrogen and oxygen atoms in total. The van der Waals surface area contributed by atoms with Crippen molar-refractivity contribution in [3.63, 3.8) is 0 Å². The van der Waals surface area contributed by atoms with Gasteiger partial charge in [0.05, 0.1) is 22.2 Å². The molecule has 1 amide bonds. The lowest BCUT2D eigenvalue weighted by Crippen LogP contribution is -2.08. The fourth-order valence-corrected chi connectivity index (χ4v) is 2.18. The third-order valence-electron chi connectivity index (χ3n) is 3.20. The predicted octanol–water partition coefficient (Wildman–Crippen LogP) is 4.69. The molecule has 0 fully saturated rings. The number of carbonyl (C=O) groups excluding carboxylic acids is 1. The van der Waals surface area contributed by atoms with Gasteiger partial charge >= 0.3 is 0 Å². The maximum atomic E-state index is 11.9. The van der Waals surface area contributed by atoms with E-state index in [0.29, 0.717) is 12.3 Å². The van der Waals surface area contributed by atoms with Gasteiger partial charge in [0.25, 0.3) is 5.69 Å². The second kappa shape index (κ2) is 8.84. The number of nitrogens with zero attached hydrogens (tertiary/aromatic N) is 1. The first-order valence-corrected chi connectivity index (χ1v) is 8.03. The van der Waals surface area contributed by atoms with Crippen LogP contribution in [0.5, 0.6) is 5.75 Å². The Bertz CT molecular complexity index is 788. The predicted molar refractivity (Wildman–Crippen MR) is 98.0 cm³/mol. The van der Waals surface area contributed by atoms with Crippen molar-refractivity contribution in [2.24, 2.45) is 0 Å². The third kappa shape index (κ3) is 5.61. The Labute approximate surface area is 150 Å². The summed E-state index contributed by atoms with van der Waals surface area (Å²) in [6.45, 7) is 2.69. The van der Waals surface area contributed by atoms with Gasteiger partial charge in [-0.2, -0.15) is 0 Å². The summed E-state index contributed by atoms with van der Waals surface area (Å²) in [5.74, 6) is 0.392. The molecule has 2 rings (SSSR count). The second-order valence-corrected chi connectivity index (χ2v) is 5.57. The summed E-state index contributed by atoms with van der Waals surface area (Å²) in [6.07, 6.45) is 3.95. The molecule has 0 saturated carbocycles. The van der Waals surface area contributed by atoms with Crippen molar-refractivity contribution in [1.82, 2.24) is 0 Å². The Morgan fingerprint density at radius 2 is 2.00 bits per heavy atom. The molecule has 0 saturated heterocycles. The maximum Gasteiger partial charge on any atom is 0.271 e. The number of nitro groups is 1. The fourth-order valence-electron chi connectivity index (χ4n) is 1.96. The largest absolute Gasteiger partial charge is 0.494 e. The van der Waals surface area contributed by atoms with Crippen LogP contribution in [0.1, 0.15) is 18.9 Å². The van der Waals surface area contributed by atoms with Gasteiger partial charge in [-0.15, -0.1) is 0 Å². The summed E-state index contributed by atoms with van der Waals surface area (Å²) in [7, 11) is 0. The van der Waals surface area contributed by atoms with Gasteiger partial charge in [-0.3, -0.25) is 14.9 Å². The van der Waals surface area contributed by atoms with Gasteiger partial charge in [0.1, 0.15) is 5.75 Å². The van der Waals surface area contributed by atoms with Gasteiger partial charge in [0, 0.05) is 18.2 Å². The van der Waals surface area contributed by atoms with Gasteiger partial charge in [-0.25, -0.2) is 0 Å². The van der Waals surface area contributed by atoms with Crippen LogP contribution in [0, 0.1) is 10.1 Å². The number of amides is 1. The summed E-state index contributed by atoms with van der Waals surface area (Å²) >= 11 is 5.94. The van der Waals surface area contributed by atoms with Crippen LogP contribution in [0.25, 0.3) is 6.08 Å². The SMILES string of the molecule is CCCOc1ccc(/C=C/C(=O)Nc2ccc([N+](=O)[O-])cc2Cl)cc1. The van der Waals surface area contributed by atoms with Crippen LogP contribution in [-0.2, 0) is 4.79 Å². The van der Waals surface area contributed by atoms with Crippen LogP contribution in [0.4, 0.5) is 11.4 Å². The van der Waals surface area contributed by atoms with Crippen molar-refractivity contribution < 1.29 is 14.5 Å². The standard InChI is InChI=1S/C18H17ClN2O4/c1-2-11-25-15-7-3-13(4-8-15)5-10-18(22)20-17-9-6-14(21(23)24)12-16(17)19/h3-10,12H,2,11H2,1H3,(H,20,22)/b10-5+. The van der Waals surface area contributed by atoms with Crippen molar-refractivity contribution in [2.75, 3.05) is 11.9 Å². The Morgan fingerprint density at radius 3 is 2.60 bits per heavy atom. The molecule has 0 aromatic heterocycles. The van der Waals surface area contributed by atoms with E-state index in [4.69, 9.17) is 16.3 Å². The number of carbonyl (C=O) groups is 1. The van der Waals surface area contributed by atoms with E-state index in [9.17, 15) is 14.9 Å². The van der Waals surface area contributed by atoms with Gasteiger partial charge in [0.2, 0.25) is 5.91 Å². The topological polar surface area (TPSA) is 81.5 Å².